The first-order valence-corrected chi connectivity index (χ1v) is 8.40. The van der Waals surface area contributed by atoms with Gasteiger partial charge in [-0.2, -0.15) is 0 Å². The Labute approximate surface area is 154 Å². The second kappa shape index (κ2) is 8.03. The van der Waals surface area contributed by atoms with Gasteiger partial charge in [0.05, 0.1) is 0 Å². The van der Waals surface area contributed by atoms with Crippen LogP contribution in [0, 0.1) is 17.5 Å². The minimum absolute atomic E-state index is 0.0357. The summed E-state index contributed by atoms with van der Waals surface area (Å²) < 4.78 is 44.2. The van der Waals surface area contributed by atoms with Gasteiger partial charge in [0.25, 0.3) is 0 Å². The zero-order valence-corrected chi connectivity index (χ0v) is 14.5. The van der Waals surface area contributed by atoms with Gasteiger partial charge in [0.2, 0.25) is 0 Å². The number of aryl methyl sites for hydroxylation is 1. The molecule has 0 aliphatic rings. The van der Waals surface area contributed by atoms with Crippen molar-refractivity contribution in [3.05, 3.63) is 83.4 Å². The lowest BCUT2D eigenvalue weighted by molar-refractivity contribution is 0.0727. The first kappa shape index (κ1) is 18.6. The molecule has 27 heavy (non-hydrogen) atoms. The van der Waals surface area contributed by atoms with Crippen LogP contribution in [-0.2, 0) is 6.42 Å². The summed E-state index contributed by atoms with van der Waals surface area (Å²) in [4.78, 5) is 16.1. The molecular formula is C21H16F3NO2. The number of ether oxygens (including phenoxy) is 1. The molecule has 0 unspecified atom stereocenters. The third-order valence-corrected chi connectivity index (χ3v) is 3.97. The van der Waals surface area contributed by atoms with Gasteiger partial charge in [0.1, 0.15) is 11.4 Å². The number of aromatic nitrogens is 1. The molecule has 0 fully saturated rings. The average Bonchev–Trinajstić information content (AvgIpc) is 2.67. The smallest absolute Gasteiger partial charge is 0.362 e. The molecule has 0 atom stereocenters. The molecule has 3 nitrogen and oxygen atoms in total. The van der Waals surface area contributed by atoms with Crippen molar-refractivity contribution in [3.63, 3.8) is 0 Å². The van der Waals surface area contributed by atoms with Gasteiger partial charge in [-0.25, -0.2) is 22.9 Å². The Hall–Kier alpha value is -3.15. The number of pyridine rings is 1. The zero-order chi connectivity index (χ0) is 19.4. The van der Waals surface area contributed by atoms with E-state index in [9.17, 15) is 18.0 Å². The predicted molar refractivity (Wildman–Crippen MR) is 94.9 cm³/mol. The molecule has 138 valence electrons. The van der Waals surface area contributed by atoms with Gasteiger partial charge in [-0.05, 0) is 23.6 Å². The van der Waals surface area contributed by atoms with E-state index in [-0.39, 0.29) is 5.69 Å². The summed E-state index contributed by atoms with van der Waals surface area (Å²) in [5, 5.41) is 0. The molecule has 0 spiro atoms. The average molecular weight is 371 g/mol. The molecule has 0 aliphatic heterocycles. The summed E-state index contributed by atoms with van der Waals surface area (Å²) in [6, 6.07) is 12.4. The molecule has 3 aromatic rings. The Balaban J connectivity index is 1.73. The van der Waals surface area contributed by atoms with E-state index in [1.165, 1.54) is 17.8 Å². The summed E-state index contributed by atoms with van der Waals surface area (Å²) in [7, 11) is 0. The highest BCUT2D eigenvalue weighted by atomic mass is 19.2. The summed E-state index contributed by atoms with van der Waals surface area (Å²) in [6.07, 6.45) is 3.59. The fourth-order valence-corrected chi connectivity index (χ4v) is 2.59. The van der Waals surface area contributed by atoms with Gasteiger partial charge < -0.3 is 4.74 Å². The van der Waals surface area contributed by atoms with Crippen LogP contribution in [0.5, 0.6) is 5.75 Å². The van der Waals surface area contributed by atoms with Crippen molar-refractivity contribution in [3.8, 4) is 16.9 Å². The topological polar surface area (TPSA) is 39.2 Å². The van der Waals surface area contributed by atoms with E-state index in [0.29, 0.717) is 12.1 Å². The second-order valence-corrected chi connectivity index (χ2v) is 5.97. The number of nitrogens with zero attached hydrogens (tertiary/aromatic N) is 1. The van der Waals surface area contributed by atoms with Crippen LogP contribution in [0.25, 0.3) is 11.1 Å². The van der Waals surface area contributed by atoms with Gasteiger partial charge in [0, 0.05) is 23.9 Å². The molecule has 1 aromatic heterocycles. The first-order valence-electron chi connectivity index (χ1n) is 8.40. The number of esters is 1. The van der Waals surface area contributed by atoms with Crippen LogP contribution in [0.15, 0.2) is 54.7 Å². The Morgan fingerprint density at radius 2 is 1.59 bits per heavy atom. The summed E-state index contributed by atoms with van der Waals surface area (Å²) in [5.41, 5.74) is 2.97. The fraction of sp³-hybridized carbons (Fsp3) is 0.143. The van der Waals surface area contributed by atoms with Crippen molar-refractivity contribution in [2.75, 3.05) is 0 Å². The maximum atomic E-state index is 13.2. The molecule has 0 amide bonds. The molecule has 0 saturated heterocycles. The predicted octanol–water partition coefficient (Wildman–Crippen LogP) is 5.34. The van der Waals surface area contributed by atoms with Crippen molar-refractivity contribution in [1.29, 1.82) is 0 Å². The lowest BCUT2D eigenvalue weighted by atomic mass is 10.0. The number of hydrogen-bond acceptors (Lipinski definition) is 3. The van der Waals surface area contributed by atoms with Crippen molar-refractivity contribution >= 4 is 5.97 Å². The summed E-state index contributed by atoms with van der Waals surface area (Å²) in [5.74, 6) is -5.83. The number of hydrogen-bond donors (Lipinski definition) is 0. The maximum absolute atomic E-state index is 13.2. The zero-order valence-electron chi connectivity index (χ0n) is 14.5. The number of benzene rings is 2. The molecule has 6 heteroatoms. The number of carbonyl (C=O) groups is 1. The SMILES string of the molecule is CCCc1ccc(-c2ccc(C(=O)Oc3cc(F)c(F)c(F)c3)nc2)cc1. The third-order valence-electron chi connectivity index (χ3n) is 3.97. The van der Waals surface area contributed by atoms with Crippen molar-refractivity contribution in [2.45, 2.75) is 19.8 Å². The van der Waals surface area contributed by atoms with Crippen LogP contribution in [0.4, 0.5) is 13.2 Å². The van der Waals surface area contributed by atoms with Crippen LogP contribution >= 0.6 is 0 Å². The monoisotopic (exact) mass is 371 g/mol. The highest BCUT2D eigenvalue weighted by Crippen LogP contribution is 2.22. The molecule has 0 bridgehead atoms. The van der Waals surface area contributed by atoms with E-state index in [0.717, 1.165) is 24.0 Å². The van der Waals surface area contributed by atoms with E-state index in [1.807, 2.05) is 24.3 Å². The highest BCUT2D eigenvalue weighted by molar-refractivity contribution is 5.89. The molecule has 3 rings (SSSR count). The number of carbonyl (C=O) groups excluding carboxylic acids is 1. The summed E-state index contributed by atoms with van der Waals surface area (Å²) >= 11 is 0. The van der Waals surface area contributed by atoms with Crippen LogP contribution in [0.1, 0.15) is 29.4 Å². The van der Waals surface area contributed by atoms with E-state index in [2.05, 4.69) is 11.9 Å². The third kappa shape index (κ3) is 4.34. The van der Waals surface area contributed by atoms with Crippen LogP contribution in [-0.4, -0.2) is 11.0 Å². The Morgan fingerprint density at radius 3 is 2.15 bits per heavy atom. The molecule has 0 radical (unpaired) electrons. The summed E-state index contributed by atoms with van der Waals surface area (Å²) in [6.45, 7) is 2.12. The van der Waals surface area contributed by atoms with Crippen molar-refractivity contribution in [2.24, 2.45) is 0 Å². The Kier molecular flexibility index (Phi) is 5.54. The highest BCUT2D eigenvalue weighted by Gasteiger charge is 2.15. The Bertz CT molecular complexity index is 931. The van der Waals surface area contributed by atoms with Crippen LogP contribution < -0.4 is 4.74 Å². The molecule has 0 N–H and O–H groups in total. The van der Waals surface area contributed by atoms with Crippen LogP contribution in [0.2, 0.25) is 0 Å². The number of halogens is 3. The van der Waals surface area contributed by atoms with Crippen molar-refractivity contribution < 1.29 is 22.7 Å². The molecule has 0 saturated carbocycles. The normalized spacial score (nSPS) is 10.7. The van der Waals surface area contributed by atoms with E-state index >= 15 is 0 Å². The minimum Gasteiger partial charge on any atom is -0.422 e. The van der Waals surface area contributed by atoms with E-state index < -0.39 is 29.2 Å². The fourth-order valence-electron chi connectivity index (χ4n) is 2.59. The largest absolute Gasteiger partial charge is 0.422 e. The molecule has 1 heterocycles. The van der Waals surface area contributed by atoms with E-state index in [4.69, 9.17) is 4.74 Å². The second-order valence-electron chi connectivity index (χ2n) is 5.97. The standard InChI is InChI=1S/C21H16F3NO2/c1-2-3-13-4-6-14(7-5-13)15-8-9-19(25-12-15)21(26)27-16-10-17(22)20(24)18(23)11-16/h4-12H,2-3H2,1H3. The number of rotatable bonds is 5. The van der Waals surface area contributed by atoms with Gasteiger partial charge in [-0.1, -0.05) is 43.7 Å². The van der Waals surface area contributed by atoms with Crippen LogP contribution in [0.3, 0.4) is 0 Å². The van der Waals surface area contributed by atoms with Gasteiger partial charge in [-0.3, -0.25) is 0 Å². The van der Waals surface area contributed by atoms with Gasteiger partial charge >= 0.3 is 5.97 Å². The lowest BCUT2D eigenvalue weighted by Crippen LogP contribution is -2.11. The quantitative estimate of drug-likeness (QED) is 0.345. The maximum Gasteiger partial charge on any atom is 0.362 e. The minimum atomic E-state index is -1.62. The first-order chi connectivity index (χ1) is 13.0. The van der Waals surface area contributed by atoms with Crippen molar-refractivity contribution in [1.82, 2.24) is 4.98 Å². The molecular weight excluding hydrogens is 355 g/mol. The van der Waals surface area contributed by atoms with Gasteiger partial charge in [0.15, 0.2) is 17.5 Å². The molecule has 2 aromatic carbocycles. The Morgan fingerprint density at radius 1 is 0.963 bits per heavy atom. The lowest BCUT2D eigenvalue weighted by Gasteiger charge is -2.07. The molecule has 0 aliphatic carbocycles. The van der Waals surface area contributed by atoms with Gasteiger partial charge in [-0.15, -0.1) is 0 Å². The van der Waals surface area contributed by atoms with E-state index in [1.54, 1.807) is 6.07 Å².